The van der Waals surface area contributed by atoms with Gasteiger partial charge < -0.3 is 9.40 Å². The fourth-order valence-corrected chi connectivity index (χ4v) is 2.59. The van der Waals surface area contributed by atoms with Gasteiger partial charge in [-0.2, -0.15) is 5.10 Å². The average Bonchev–Trinajstić information content (AvgIpc) is 3.26. The number of sulfonamides is 1. The summed E-state index contributed by atoms with van der Waals surface area (Å²) in [6.07, 6.45) is 3.00. The van der Waals surface area contributed by atoms with Crippen molar-refractivity contribution in [3.63, 3.8) is 0 Å². The van der Waals surface area contributed by atoms with Crippen LogP contribution < -0.4 is 10.6 Å². The van der Waals surface area contributed by atoms with Crippen LogP contribution in [0.25, 0.3) is 11.3 Å². The van der Waals surface area contributed by atoms with Gasteiger partial charge in [-0.1, -0.05) is 0 Å². The number of hydrogen-bond donors (Lipinski definition) is 3. The third-order valence-corrected chi connectivity index (χ3v) is 4.22. The number of hydrazone groups is 1. The van der Waals surface area contributed by atoms with Crippen molar-refractivity contribution in [2.75, 3.05) is 0 Å². The Morgan fingerprint density at radius 3 is 2.56 bits per heavy atom. The molecule has 25 heavy (non-hydrogen) atoms. The normalized spacial score (nSPS) is 11.7. The molecule has 128 valence electrons. The maximum absolute atomic E-state index is 11.7. The van der Waals surface area contributed by atoms with Gasteiger partial charge >= 0.3 is 0 Å². The third kappa shape index (κ3) is 4.03. The van der Waals surface area contributed by atoms with E-state index in [1.165, 1.54) is 18.3 Å². The minimum atomic E-state index is -3.73. The van der Waals surface area contributed by atoms with Crippen LogP contribution >= 0.6 is 0 Å². The number of benzene rings is 1. The van der Waals surface area contributed by atoms with E-state index in [1.54, 1.807) is 42.6 Å². The van der Waals surface area contributed by atoms with E-state index >= 15 is 0 Å². The molecule has 2 aromatic heterocycles. The Balaban J connectivity index is 1.68. The quantitative estimate of drug-likeness (QED) is 0.473. The molecule has 0 aliphatic rings. The fraction of sp³-hybridized carbons (Fsp3) is 0. The Morgan fingerprint density at radius 1 is 1.16 bits per heavy atom. The van der Waals surface area contributed by atoms with E-state index < -0.39 is 10.0 Å². The molecule has 3 aromatic rings. The maximum Gasteiger partial charge on any atom is 0.287 e. The van der Waals surface area contributed by atoms with Crippen molar-refractivity contribution in [2.24, 2.45) is 10.2 Å². The number of carbonyl (C=O) groups is 1. The summed E-state index contributed by atoms with van der Waals surface area (Å²) < 4.78 is 28.1. The number of nitrogens with zero attached hydrogens (tertiary/aromatic N) is 1. The third-order valence-electron chi connectivity index (χ3n) is 3.29. The topological polar surface area (TPSA) is 131 Å². The summed E-state index contributed by atoms with van der Waals surface area (Å²) in [5.41, 5.74) is 3.44. The molecule has 0 spiro atoms. The Bertz CT molecular complexity index is 1000. The number of hydrogen-bond acceptors (Lipinski definition) is 5. The zero-order valence-electron chi connectivity index (χ0n) is 12.8. The number of primary sulfonamides is 1. The van der Waals surface area contributed by atoms with Crippen LogP contribution in [0.2, 0.25) is 0 Å². The lowest BCUT2D eigenvalue weighted by Gasteiger charge is -2.00. The average molecular weight is 358 g/mol. The number of aromatic amines is 1. The van der Waals surface area contributed by atoms with Crippen molar-refractivity contribution >= 4 is 22.1 Å². The first-order chi connectivity index (χ1) is 11.9. The van der Waals surface area contributed by atoms with E-state index in [9.17, 15) is 13.2 Å². The molecule has 1 aromatic carbocycles. The highest BCUT2D eigenvalue weighted by atomic mass is 32.2. The summed E-state index contributed by atoms with van der Waals surface area (Å²) in [5, 5.41) is 8.88. The smallest absolute Gasteiger partial charge is 0.287 e. The van der Waals surface area contributed by atoms with Crippen LogP contribution in [-0.4, -0.2) is 25.5 Å². The van der Waals surface area contributed by atoms with Crippen LogP contribution in [-0.2, 0) is 10.0 Å². The van der Waals surface area contributed by atoms with Crippen LogP contribution in [0.15, 0.2) is 69.1 Å². The predicted octanol–water partition coefficient (Wildman–Crippen LogP) is 1.69. The molecule has 8 nitrogen and oxygen atoms in total. The molecule has 0 unspecified atom stereocenters. The summed E-state index contributed by atoms with van der Waals surface area (Å²) in [6, 6.07) is 12.7. The van der Waals surface area contributed by atoms with E-state index in [0.29, 0.717) is 22.8 Å². The molecule has 3 rings (SSSR count). The Hall–Kier alpha value is -3.17. The van der Waals surface area contributed by atoms with Gasteiger partial charge in [-0.05, 0) is 48.5 Å². The summed E-state index contributed by atoms with van der Waals surface area (Å²) in [5.74, 6) is 0.585. The molecular weight excluding hydrogens is 344 g/mol. The van der Waals surface area contributed by atoms with Gasteiger partial charge in [-0.3, -0.25) is 4.79 Å². The van der Waals surface area contributed by atoms with Crippen molar-refractivity contribution in [1.82, 2.24) is 10.4 Å². The first kappa shape index (κ1) is 16.7. The van der Waals surface area contributed by atoms with Gasteiger partial charge in [0.25, 0.3) is 5.91 Å². The summed E-state index contributed by atoms with van der Waals surface area (Å²) in [7, 11) is -3.73. The van der Waals surface area contributed by atoms with Gasteiger partial charge in [-0.15, -0.1) is 0 Å². The first-order valence-corrected chi connectivity index (χ1v) is 8.68. The molecule has 0 bridgehead atoms. The molecule has 0 saturated heterocycles. The summed E-state index contributed by atoms with van der Waals surface area (Å²) in [4.78, 5) is 14.5. The zero-order valence-corrected chi connectivity index (χ0v) is 13.7. The highest BCUT2D eigenvalue weighted by Gasteiger charge is 2.09. The van der Waals surface area contributed by atoms with E-state index in [1.807, 2.05) is 0 Å². The van der Waals surface area contributed by atoms with Crippen molar-refractivity contribution in [3.05, 3.63) is 66.2 Å². The molecule has 0 saturated carbocycles. The molecule has 0 aliphatic heterocycles. The monoisotopic (exact) mass is 358 g/mol. The molecule has 0 atom stereocenters. The van der Waals surface area contributed by atoms with Crippen molar-refractivity contribution in [3.8, 4) is 11.3 Å². The maximum atomic E-state index is 11.7. The molecule has 2 heterocycles. The second kappa shape index (κ2) is 6.75. The van der Waals surface area contributed by atoms with Crippen molar-refractivity contribution in [1.29, 1.82) is 0 Å². The fourth-order valence-electron chi connectivity index (χ4n) is 2.07. The van der Waals surface area contributed by atoms with Crippen molar-refractivity contribution in [2.45, 2.75) is 4.90 Å². The number of furan rings is 1. The van der Waals surface area contributed by atoms with Crippen molar-refractivity contribution < 1.29 is 17.6 Å². The number of aromatic nitrogens is 1. The molecule has 0 aliphatic carbocycles. The minimum Gasteiger partial charge on any atom is -0.455 e. The highest BCUT2D eigenvalue weighted by molar-refractivity contribution is 7.89. The first-order valence-electron chi connectivity index (χ1n) is 7.13. The number of rotatable bonds is 5. The van der Waals surface area contributed by atoms with Crippen LogP contribution in [0.3, 0.4) is 0 Å². The standard InChI is InChI=1S/C16H14N4O4S/c17-25(22,23)13-6-3-11(4-7-13)15-8-5-12(24-15)10-19-20-16(21)14-2-1-9-18-14/h1-10,18H,(H,20,21)(H2,17,22,23)/b19-10-. The SMILES string of the molecule is NS(=O)(=O)c1ccc(-c2ccc(/C=N\NC(=O)c3ccc[nH]3)o2)cc1. The van der Waals surface area contributed by atoms with Gasteiger partial charge in [0.05, 0.1) is 11.1 Å². The number of nitrogens with two attached hydrogens (primary N) is 1. The summed E-state index contributed by atoms with van der Waals surface area (Å²) >= 11 is 0. The number of amides is 1. The largest absolute Gasteiger partial charge is 0.455 e. The number of H-pyrrole nitrogens is 1. The minimum absolute atomic E-state index is 0.0246. The van der Waals surface area contributed by atoms with E-state index in [4.69, 9.17) is 9.56 Å². The highest BCUT2D eigenvalue weighted by Crippen LogP contribution is 2.22. The lowest BCUT2D eigenvalue weighted by molar-refractivity contribution is 0.0950. The van der Waals surface area contributed by atoms with E-state index in [-0.39, 0.29) is 10.8 Å². The Morgan fingerprint density at radius 2 is 1.92 bits per heavy atom. The Kier molecular flexibility index (Phi) is 4.50. The molecule has 1 amide bonds. The number of carbonyl (C=O) groups excluding carboxylic acids is 1. The van der Waals surface area contributed by atoms with Crippen LogP contribution in [0.1, 0.15) is 16.2 Å². The van der Waals surface area contributed by atoms with Crippen LogP contribution in [0.5, 0.6) is 0 Å². The van der Waals surface area contributed by atoms with Gasteiger partial charge in [0.1, 0.15) is 17.2 Å². The van der Waals surface area contributed by atoms with Gasteiger partial charge in [-0.25, -0.2) is 19.0 Å². The second-order valence-electron chi connectivity index (χ2n) is 5.05. The predicted molar refractivity (Wildman–Crippen MR) is 91.4 cm³/mol. The molecule has 0 radical (unpaired) electrons. The van der Waals surface area contributed by atoms with E-state index in [2.05, 4.69) is 15.5 Å². The van der Waals surface area contributed by atoms with E-state index in [0.717, 1.165) is 0 Å². The summed E-state index contributed by atoms with van der Waals surface area (Å²) in [6.45, 7) is 0. The van der Waals surface area contributed by atoms with Crippen LogP contribution in [0, 0.1) is 0 Å². The zero-order chi connectivity index (χ0) is 17.9. The number of nitrogens with one attached hydrogen (secondary N) is 2. The van der Waals surface area contributed by atoms with Gasteiger partial charge in [0.15, 0.2) is 0 Å². The van der Waals surface area contributed by atoms with Gasteiger partial charge in [0, 0.05) is 11.8 Å². The Labute approximate surface area is 143 Å². The van der Waals surface area contributed by atoms with Crippen LogP contribution in [0.4, 0.5) is 0 Å². The second-order valence-corrected chi connectivity index (χ2v) is 6.62. The lowest BCUT2D eigenvalue weighted by atomic mass is 10.2. The molecule has 0 fully saturated rings. The molecule has 9 heteroatoms. The molecular formula is C16H14N4O4S. The molecule has 4 N–H and O–H groups in total. The lowest BCUT2D eigenvalue weighted by Crippen LogP contribution is -2.17. The van der Waals surface area contributed by atoms with Gasteiger partial charge in [0.2, 0.25) is 10.0 Å².